The summed E-state index contributed by atoms with van der Waals surface area (Å²) in [5, 5.41) is 0. The molecule has 1 aromatic heterocycles. The van der Waals surface area contributed by atoms with Crippen LogP contribution in [0.5, 0.6) is 5.75 Å². The van der Waals surface area contributed by atoms with Gasteiger partial charge in [0.2, 0.25) is 5.91 Å². The Bertz CT molecular complexity index is 927. The molecule has 0 radical (unpaired) electrons. The second kappa shape index (κ2) is 11.9. The van der Waals surface area contributed by atoms with Crippen molar-refractivity contribution in [1.82, 2.24) is 4.98 Å². The highest BCUT2D eigenvalue weighted by atomic mass is 19.3. The fourth-order valence-electron chi connectivity index (χ4n) is 3.36. The lowest BCUT2D eigenvalue weighted by molar-refractivity contribution is -0.119. The van der Waals surface area contributed by atoms with Gasteiger partial charge in [-0.05, 0) is 56.9 Å². The molecule has 0 saturated heterocycles. The van der Waals surface area contributed by atoms with E-state index in [0.29, 0.717) is 23.5 Å². The van der Waals surface area contributed by atoms with Gasteiger partial charge in [-0.15, -0.1) is 12.3 Å². The van der Waals surface area contributed by atoms with Crippen molar-refractivity contribution in [3.8, 4) is 18.1 Å². The Morgan fingerprint density at radius 3 is 2.53 bits per heavy atom. The van der Waals surface area contributed by atoms with Crippen molar-refractivity contribution in [2.45, 2.75) is 58.2 Å². The number of rotatable bonds is 9. The quantitative estimate of drug-likeness (QED) is 0.308. The summed E-state index contributed by atoms with van der Waals surface area (Å²) in [4.78, 5) is 18.3. The smallest absolute Gasteiger partial charge is 0.387 e. The summed E-state index contributed by atoms with van der Waals surface area (Å²) in [6.07, 6.45) is 9.23. The van der Waals surface area contributed by atoms with Gasteiger partial charge in [-0.3, -0.25) is 15.6 Å². The number of hydrogen-bond donors (Lipinski definition) is 3. The lowest BCUT2D eigenvalue weighted by Crippen LogP contribution is -2.41. The number of amides is 1. The van der Waals surface area contributed by atoms with Crippen molar-refractivity contribution in [3.63, 3.8) is 0 Å². The van der Waals surface area contributed by atoms with Crippen LogP contribution in [-0.4, -0.2) is 23.5 Å². The number of hydrogen-bond acceptors (Lipinski definition) is 6. The molecule has 0 aliphatic heterocycles. The van der Waals surface area contributed by atoms with E-state index < -0.39 is 18.4 Å². The van der Waals surface area contributed by atoms with Crippen molar-refractivity contribution < 1.29 is 18.3 Å². The van der Waals surface area contributed by atoms with E-state index in [2.05, 4.69) is 32.4 Å². The SMILES string of the molecule is C#CC.CC(C(N)=O)c1ccc(OC(F)F)cc1N(Cc1ccc(NN)cn1)C1CCC1. The lowest BCUT2D eigenvalue weighted by atomic mass is 9.89. The zero-order chi connectivity index (χ0) is 23.7. The van der Waals surface area contributed by atoms with Crippen molar-refractivity contribution in [2.75, 3.05) is 10.3 Å². The van der Waals surface area contributed by atoms with Gasteiger partial charge in [0.15, 0.2) is 0 Å². The van der Waals surface area contributed by atoms with E-state index in [1.54, 1.807) is 32.2 Å². The van der Waals surface area contributed by atoms with E-state index in [1.807, 2.05) is 12.1 Å². The monoisotopic (exact) mass is 445 g/mol. The van der Waals surface area contributed by atoms with Gasteiger partial charge in [0.05, 0.1) is 30.0 Å². The third kappa shape index (κ3) is 6.56. The molecule has 3 rings (SSSR count). The number of primary amides is 1. The van der Waals surface area contributed by atoms with Crippen LogP contribution in [0.15, 0.2) is 36.5 Å². The first-order chi connectivity index (χ1) is 15.3. The van der Waals surface area contributed by atoms with Crippen LogP contribution in [0.2, 0.25) is 0 Å². The summed E-state index contributed by atoms with van der Waals surface area (Å²) in [5.74, 6) is 6.61. The highest BCUT2D eigenvalue weighted by molar-refractivity contribution is 5.84. The summed E-state index contributed by atoms with van der Waals surface area (Å²) in [5.41, 5.74) is 10.8. The molecule has 9 heteroatoms. The van der Waals surface area contributed by atoms with Gasteiger partial charge >= 0.3 is 6.61 Å². The third-order valence-corrected chi connectivity index (χ3v) is 5.27. The lowest BCUT2D eigenvalue weighted by Gasteiger charge is -2.40. The third-order valence-electron chi connectivity index (χ3n) is 5.27. The first-order valence-corrected chi connectivity index (χ1v) is 10.2. The average molecular weight is 446 g/mol. The number of alkyl halides is 2. The Labute approximate surface area is 187 Å². The molecule has 1 unspecified atom stereocenters. The standard InChI is InChI=1S/C20H25F2N5O2.C3H4/c1-12(19(23)28)17-8-7-16(29-20(21)22)9-18(17)27(15-3-2-4-15)11-14-6-5-13(26-24)10-25-14;1-3-2/h5-10,12,15,20,26H,2-4,11,24H2,1H3,(H2,23,28);1H,2H3. The number of nitrogens with zero attached hydrogens (tertiary/aromatic N) is 2. The summed E-state index contributed by atoms with van der Waals surface area (Å²) in [7, 11) is 0. The fraction of sp³-hybridized carbons (Fsp3) is 0.391. The number of terminal acetylenes is 1. The van der Waals surface area contributed by atoms with Gasteiger partial charge in [0.25, 0.3) is 0 Å². The minimum absolute atomic E-state index is 0.0374. The van der Waals surface area contributed by atoms with Crippen LogP contribution in [0.1, 0.15) is 50.3 Å². The average Bonchev–Trinajstić information content (AvgIpc) is 2.72. The number of carbonyl (C=O) groups excluding carboxylic acids is 1. The zero-order valence-corrected chi connectivity index (χ0v) is 18.2. The molecule has 1 atom stereocenters. The molecule has 1 aromatic carbocycles. The molecule has 1 aliphatic carbocycles. The molecule has 1 amide bonds. The number of benzene rings is 1. The van der Waals surface area contributed by atoms with Crippen LogP contribution in [0.25, 0.3) is 0 Å². The zero-order valence-electron chi connectivity index (χ0n) is 18.2. The minimum Gasteiger partial charge on any atom is -0.435 e. The number of anilines is 2. The molecule has 1 fully saturated rings. The van der Waals surface area contributed by atoms with Crippen molar-refractivity contribution in [3.05, 3.63) is 47.8 Å². The summed E-state index contributed by atoms with van der Waals surface area (Å²) >= 11 is 0. The van der Waals surface area contributed by atoms with Crippen LogP contribution in [0.4, 0.5) is 20.2 Å². The van der Waals surface area contributed by atoms with Gasteiger partial charge in [-0.1, -0.05) is 6.07 Å². The van der Waals surface area contributed by atoms with Crippen molar-refractivity contribution in [2.24, 2.45) is 11.6 Å². The largest absolute Gasteiger partial charge is 0.435 e. The number of ether oxygens (including phenoxy) is 1. The highest BCUT2D eigenvalue weighted by Crippen LogP contribution is 2.38. The highest BCUT2D eigenvalue weighted by Gasteiger charge is 2.29. The maximum Gasteiger partial charge on any atom is 0.387 e. The molecule has 1 saturated carbocycles. The van der Waals surface area contributed by atoms with Crippen LogP contribution in [0.3, 0.4) is 0 Å². The van der Waals surface area contributed by atoms with Gasteiger partial charge in [0.1, 0.15) is 5.75 Å². The summed E-state index contributed by atoms with van der Waals surface area (Å²) in [6.45, 7) is 0.872. The Morgan fingerprint density at radius 2 is 2.06 bits per heavy atom. The maximum atomic E-state index is 12.8. The van der Waals surface area contributed by atoms with E-state index in [4.69, 9.17) is 11.6 Å². The molecule has 5 N–H and O–H groups in total. The van der Waals surface area contributed by atoms with E-state index >= 15 is 0 Å². The van der Waals surface area contributed by atoms with Crippen molar-refractivity contribution in [1.29, 1.82) is 0 Å². The van der Waals surface area contributed by atoms with Crippen LogP contribution >= 0.6 is 0 Å². The topological polar surface area (TPSA) is 106 Å². The van der Waals surface area contributed by atoms with Crippen molar-refractivity contribution >= 4 is 17.3 Å². The number of nitrogen functional groups attached to an aromatic ring is 1. The number of hydrazine groups is 1. The first-order valence-electron chi connectivity index (χ1n) is 10.2. The second-order valence-electron chi connectivity index (χ2n) is 7.41. The van der Waals surface area contributed by atoms with E-state index in [1.165, 1.54) is 6.07 Å². The van der Waals surface area contributed by atoms with Gasteiger partial charge in [-0.25, -0.2) is 0 Å². The minimum atomic E-state index is -2.93. The molecular formula is C23H29F2N5O2. The number of pyridine rings is 1. The van der Waals surface area contributed by atoms with Crippen LogP contribution in [-0.2, 0) is 11.3 Å². The molecule has 1 heterocycles. The van der Waals surface area contributed by atoms with Crippen LogP contribution < -0.4 is 26.6 Å². The second-order valence-corrected chi connectivity index (χ2v) is 7.41. The molecule has 172 valence electrons. The summed E-state index contributed by atoms with van der Waals surface area (Å²) in [6, 6.07) is 8.48. The first kappa shape index (κ1) is 24.9. The summed E-state index contributed by atoms with van der Waals surface area (Å²) < 4.78 is 30.1. The van der Waals surface area contributed by atoms with Gasteiger partial charge < -0.3 is 20.8 Å². The Kier molecular flexibility index (Phi) is 9.22. The number of aromatic nitrogens is 1. The molecular weight excluding hydrogens is 416 g/mol. The number of halogens is 2. The maximum absolute atomic E-state index is 12.8. The number of nitrogens with one attached hydrogen (secondary N) is 1. The molecule has 0 spiro atoms. The van der Waals surface area contributed by atoms with E-state index in [0.717, 1.165) is 25.0 Å². The van der Waals surface area contributed by atoms with Gasteiger partial charge in [-0.2, -0.15) is 8.78 Å². The predicted molar refractivity (Wildman–Crippen MR) is 121 cm³/mol. The number of nitrogens with two attached hydrogens (primary N) is 2. The Hall–Kier alpha value is -3.38. The van der Waals surface area contributed by atoms with E-state index in [9.17, 15) is 13.6 Å². The molecule has 1 aliphatic rings. The molecule has 2 aromatic rings. The van der Waals surface area contributed by atoms with E-state index in [-0.39, 0.29) is 11.8 Å². The molecule has 0 bridgehead atoms. The fourth-order valence-corrected chi connectivity index (χ4v) is 3.36. The predicted octanol–water partition coefficient (Wildman–Crippen LogP) is 3.76. The van der Waals surface area contributed by atoms with Crippen LogP contribution in [0, 0.1) is 12.3 Å². The molecule has 7 nitrogen and oxygen atoms in total. The Morgan fingerprint density at radius 1 is 1.38 bits per heavy atom. The Balaban J connectivity index is 0.00000114. The normalized spacial score (nSPS) is 13.8. The molecule has 32 heavy (non-hydrogen) atoms. The number of carbonyl (C=O) groups is 1. The van der Waals surface area contributed by atoms with Gasteiger partial charge in [0, 0.05) is 17.8 Å².